The average molecular weight is 272 g/mol. The molecule has 0 bridgehead atoms. The normalized spacial score (nSPS) is 17.0. The lowest BCUT2D eigenvalue weighted by atomic mass is 10.1. The van der Waals surface area contributed by atoms with Crippen molar-refractivity contribution in [2.75, 3.05) is 5.75 Å². The molecule has 0 spiro atoms. The van der Waals surface area contributed by atoms with Crippen molar-refractivity contribution in [3.8, 4) is 5.75 Å². The Balaban J connectivity index is 1.56. The summed E-state index contributed by atoms with van der Waals surface area (Å²) in [4.78, 5) is 1.22. The number of hydrogen-bond donors (Lipinski definition) is 1. The van der Waals surface area contributed by atoms with Crippen molar-refractivity contribution >= 4 is 11.8 Å². The molecule has 0 aromatic heterocycles. The van der Waals surface area contributed by atoms with Gasteiger partial charge in [0.15, 0.2) is 0 Å². The van der Waals surface area contributed by atoms with Gasteiger partial charge in [-0.2, -0.15) is 0 Å². The van der Waals surface area contributed by atoms with Gasteiger partial charge >= 0.3 is 0 Å². The summed E-state index contributed by atoms with van der Waals surface area (Å²) < 4.78 is 5.91. The summed E-state index contributed by atoms with van der Waals surface area (Å²) in [7, 11) is 0. The molecular weight excluding hydrogens is 256 g/mol. The maximum Gasteiger partial charge on any atom is 0.123 e. The van der Waals surface area contributed by atoms with E-state index in [-0.39, 0.29) is 12.7 Å². The van der Waals surface area contributed by atoms with Crippen molar-refractivity contribution in [1.82, 2.24) is 0 Å². The predicted molar refractivity (Wildman–Crippen MR) is 77.7 cm³/mol. The van der Waals surface area contributed by atoms with Crippen molar-refractivity contribution in [3.05, 3.63) is 59.7 Å². The van der Waals surface area contributed by atoms with Gasteiger partial charge in [-0.25, -0.2) is 0 Å². The standard InChI is InChI=1S/C16H16O2S/c17-10-12-5-7-15(8-6-12)19-11-14-9-13-3-1-2-4-16(13)18-14/h1-8,14,17H,9-11H2. The molecule has 0 fully saturated rings. The Bertz CT molecular complexity index is 526. The quantitative estimate of drug-likeness (QED) is 0.866. The van der Waals surface area contributed by atoms with Crippen LogP contribution in [0.3, 0.4) is 0 Å². The molecule has 19 heavy (non-hydrogen) atoms. The van der Waals surface area contributed by atoms with E-state index in [0.717, 1.165) is 23.5 Å². The number of aliphatic hydroxyl groups excluding tert-OH is 1. The van der Waals surface area contributed by atoms with Crippen LogP contribution >= 0.6 is 11.8 Å². The van der Waals surface area contributed by atoms with Crippen LogP contribution in [-0.2, 0) is 13.0 Å². The van der Waals surface area contributed by atoms with Gasteiger partial charge in [0.25, 0.3) is 0 Å². The minimum absolute atomic E-state index is 0.103. The highest BCUT2D eigenvalue weighted by Gasteiger charge is 2.22. The Kier molecular flexibility index (Phi) is 3.76. The van der Waals surface area contributed by atoms with E-state index in [1.165, 1.54) is 10.5 Å². The number of para-hydroxylation sites is 1. The molecule has 0 saturated heterocycles. The van der Waals surface area contributed by atoms with Crippen LogP contribution in [0.4, 0.5) is 0 Å². The smallest absolute Gasteiger partial charge is 0.123 e. The maximum atomic E-state index is 9.00. The van der Waals surface area contributed by atoms with Gasteiger partial charge in [-0.1, -0.05) is 30.3 Å². The van der Waals surface area contributed by atoms with Crippen LogP contribution in [0.1, 0.15) is 11.1 Å². The number of thioether (sulfide) groups is 1. The molecule has 3 heteroatoms. The summed E-state index contributed by atoms with van der Waals surface area (Å²) in [5.41, 5.74) is 2.26. The topological polar surface area (TPSA) is 29.5 Å². The molecule has 1 aliphatic heterocycles. The zero-order valence-electron chi connectivity index (χ0n) is 10.6. The summed E-state index contributed by atoms with van der Waals surface area (Å²) in [6.07, 6.45) is 1.26. The Morgan fingerprint density at radius 1 is 1.11 bits per heavy atom. The third-order valence-corrected chi connectivity index (χ3v) is 4.40. The van der Waals surface area contributed by atoms with Crippen LogP contribution in [0.5, 0.6) is 5.75 Å². The van der Waals surface area contributed by atoms with Gasteiger partial charge in [0.05, 0.1) is 6.61 Å². The molecule has 2 nitrogen and oxygen atoms in total. The molecule has 0 saturated carbocycles. The molecule has 1 aliphatic rings. The number of rotatable bonds is 4. The minimum Gasteiger partial charge on any atom is -0.489 e. The zero-order valence-corrected chi connectivity index (χ0v) is 11.4. The number of hydrogen-bond acceptors (Lipinski definition) is 3. The first-order valence-electron chi connectivity index (χ1n) is 6.42. The van der Waals surface area contributed by atoms with Gasteiger partial charge in [-0.15, -0.1) is 11.8 Å². The minimum atomic E-state index is 0.103. The Labute approximate surface area is 117 Å². The van der Waals surface area contributed by atoms with Crippen molar-refractivity contribution in [1.29, 1.82) is 0 Å². The summed E-state index contributed by atoms with van der Waals surface area (Å²) in [6, 6.07) is 16.3. The van der Waals surface area contributed by atoms with E-state index in [2.05, 4.69) is 24.3 Å². The van der Waals surface area contributed by atoms with Crippen molar-refractivity contribution in [2.45, 2.75) is 24.0 Å². The van der Waals surface area contributed by atoms with E-state index in [4.69, 9.17) is 9.84 Å². The lowest BCUT2D eigenvalue weighted by molar-refractivity contribution is 0.259. The Hall–Kier alpha value is -1.45. The van der Waals surface area contributed by atoms with Crippen molar-refractivity contribution in [2.24, 2.45) is 0 Å². The fourth-order valence-electron chi connectivity index (χ4n) is 2.23. The average Bonchev–Trinajstić information content (AvgIpc) is 2.88. The SMILES string of the molecule is OCc1ccc(SCC2Cc3ccccc3O2)cc1. The zero-order chi connectivity index (χ0) is 13.1. The van der Waals surface area contributed by atoms with Gasteiger partial charge in [-0.3, -0.25) is 0 Å². The van der Waals surface area contributed by atoms with Crippen LogP contribution < -0.4 is 4.74 Å². The summed E-state index contributed by atoms with van der Waals surface area (Å²) in [6.45, 7) is 0.103. The number of aliphatic hydroxyl groups is 1. The second kappa shape index (κ2) is 5.68. The van der Waals surface area contributed by atoms with Crippen molar-refractivity contribution < 1.29 is 9.84 Å². The van der Waals surface area contributed by atoms with Crippen LogP contribution in [0.2, 0.25) is 0 Å². The highest BCUT2D eigenvalue weighted by atomic mass is 32.2. The molecule has 0 aliphatic carbocycles. The van der Waals surface area contributed by atoms with Crippen LogP contribution in [0.25, 0.3) is 0 Å². The van der Waals surface area contributed by atoms with E-state index >= 15 is 0 Å². The first kappa shape index (κ1) is 12.6. The molecule has 0 radical (unpaired) electrons. The first-order chi connectivity index (χ1) is 9.35. The number of fused-ring (bicyclic) bond motifs is 1. The van der Waals surface area contributed by atoms with E-state index in [0.29, 0.717) is 0 Å². The first-order valence-corrected chi connectivity index (χ1v) is 7.41. The monoisotopic (exact) mass is 272 g/mol. The second-order valence-corrected chi connectivity index (χ2v) is 5.76. The molecule has 1 heterocycles. The maximum absolute atomic E-state index is 9.00. The molecule has 1 atom stereocenters. The van der Waals surface area contributed by atoms with E-state index < -0.39 is 0 Å². The molecule has 2 aromatic rings. The van der Waals surface area contributed by atoms with E-state index in [1.807, 2.05) is 24.3 Å². The molecule has 1 N–H and O–H groups in total. The van der Waals surface area contributed by atoms with Crippen LogP contribution in [-0.4, -0.2) is 17.0 Å². The van der Waals surface area contributed by atoms with Gasteiger partial charge in [-0.05, 0) is 29.3 Å². The molecule has 1 unspecified atom stereocenters. The lowest BCUT2D eigenvalue weighted by Gasteiger charge is -2.10. The molecule has 98 valence electrons. The van der Waals surface area contributed by atoms with Gasteiger partial charge in [0.1, 0.15) is 11.9 Å². The fourth-order valence-corrected chi connectivity index (χ4v) is 3.12. The fraction of sp³-hybridized carbons (Fsp3) is 0.250. The number of benzene rings is 2. The van der Waals surface area contributed by atoms with Gasteiger partial charge in [0, 0.05) is 17.1 Å². The molecule has 0 amide bonds. The van der Waals surface area contributed by atoms with Crippen LogP contribution in [0.15, 0.2) is 53.4 Å². The second-order valence-electron chi connectivity index (χ2n) is 4.66. The number of ether oxygens (including phenoxy) is 1. The Morgan fingerprint density at radius 3 is 2.63 bits per heavy atom. The highest BCUT2D eigenvalue weighted by Crippen LogP contribution is 2.31. The summed E-state index contributed by atoms with van der Waals surface area (Å²) >= 11 is 1.80. The summed E-state index contributed by atoms with van der Waals surface area (Å²) in [5.74, 6) is 1.98. The largest absolute Gasteiger partial charge is 0.489 e. The molecule has 3 rings (SSSR count). The molecular formula is C16H16O2S. The molecule has 2 aromatic carbocycles. The van der Waals surface area contributed by atoms with Crippen molar-refractivity contribution in [3.63, 3.8) is 0 Å². The third kappa shape index (κ3) is 2.94. The third-order valence-electron chi connectivity index (χ3n) is 3.26. The predicted octanol–water partition coefficient (Wildman–Crippen LogP) is 3.27. The van der Waals surface area contributed by atoms with E-state index in [1.54, 1.807) is 11.8 Å². The van der Waals surface area contributed by atoms with E-state index in [9.17, 15) is 0 Å². The van der Waals surface area contributed by atoms with Gasteiger partial charge in [0.2, 0.25) is 0 Å². The van der Waals surface area contributed by atoms with Gasteiger partial charge < -0.3 is 9.84 Å². The Morgan fingerprint density at radius 2 is 1.89 bits per heavy atom. The highest BCUT2D eigenvalue weighted by molar-refractivity contribution is 7.99. The summed E-state index contributed by atoms with van der Waals surface area (Å²) in [5, 5.41) is 9.00. The van der Waals surface area contributed by atoms with Crippen LogP contribution in [0, 0.1) is 0 Å². The lowest BCUT2D eigenvalue weighted by Crippen LogP contribution is -2.15.